The number of rotatable bonds is 6. The number of carboxylic acid groups (broad SMARTS) is 1. The van der Waals surface area contributed by atoms with Gasteiger partial charge in [-0.2, -0.15) is 0 Å². The van der Waals surface area contributed by atoms with Crippen molar-refractivity contribution in [2.45, 2.75) is 38.7 Å². The van der Waals surface area contributed by atoms with E-state index in [0.29, 0.717) is 18.4 Å². The van der Waals surface area contributed by atoms with Crippen LogP contribution in [0.4, 0.5) is 5.69 Å². The first-order valence-corrected chi connectivity index (χ1v) is 8.73. The Morgan fingerprint density at radius 2 is 2.00 bits per heavy atom. The topological polar surface area (TPSA) is 92.7 Å². The van der Waals surface area contributed by atoms with Gasteiger partial charge >= 0.3 is 5.97 Å². The molecule has 0 bridgehead atoms. The molecule has 2 rings (SSSR count). The first-order valence-electron chi connectivity index (χ1n) is 7.08. The molecule has 0 aromatic heterocycles. The summed E-state index contributed by atoms with van der Waals surface area (Å²) >= 11 is 0. The number of carboxylic acids is 1. The number of sulfonamides is 1. The number of ether oxygens (including phenoxy) is 1. The number of nitrogens with one attached hydrogen (secondary N) is 1. The van der Waals surface area contributed by atoms with Crippen molar-refractivity contribution in [1.82, 2.24) is 0 Å². The van der Waals surface area contributed by atoms with Gasteiger partial charge in [-0.15, -0.1) is 0 Å². The van der Waals surface area contributed by atoms with Gasteiger partial charge in [-0.25, -0.2) is 13.2 Å². The third-order valence-electron chi connectivity index (χ3n) is 4.12. The van der Waals surface area contributed by atoms with Crippen molar-refractivity contribution in [3.63, 3.8) is 0 Å². The summed E-state index contributed by atoms with van der Waals surface area (Å²) in [5.74, 6) is -1.32. The van der Waals surface area contributed by atoms with Crippen LogP contribution >= 0.6 is 0 Å². The zero-order valence-electron chi connectivity index (χ0n) is 13.0. The van der Waals surface area contributed by atoms with Gasteiger partial charge in [-0.05, 0) is 50.3 Å². The molecule has 2 N–H and O–H groups in total. The molecule has 1 aliphatic rings. The van der Waals surface area contributed by atoms with Crippen LogP contribution in [0.5, 0.6) is 0 Å². The maximum absolute atomic E-state index is 12.4. The summed E-state index contributed by atoms with van der Waals surface area (Å²) < 4.78 is 32.6. The van der Waals surface area contributed by atoms with Crippen LogP contribution in [-0.2, 0) is 14.8 Å². The molecule has 22 heavy (non-hydrogen) atoms. The maximum Gasteiger partial charge on any atom is 0.337 e. The lowest BCUT2D eigenvalue weighted by atomic mass is 9.82. The average molecular weight is 327 g/mol. The van der Waals surface area contributed by atoms with Gasteiger partial charge < -0.3 is 9.84 Å². The fourth-order valence-corrected chi connectivity index (χ4v) is 4.54. The highest BCUT2D eigenvalue weighted by molar-refractivity contribution is 7.92. The van der Waals surface area contributed by atoms with Crippen LogP contribution in [0, 0.1) is 13.8 Å². The lowest BCUT2D eigenvalue weighted by Gasteiger charge is -2.40. The standard InChI is InChI=1S/C15H21NO5S/c1-10-7-11(2)13(12(8-10)14(17)18)16-22(19,20)9-15(21-3)5-4-6-15/h7-8,16H,4-6,9H2,1-3H3,(H,17,18). The fourth-order valence-electron chi connectivity index (χ4n) is 2.79. The summed E-state index contributed by atoms with van der Waals surface area (Å²) in [6.07, 6.45) is 2.33. The number of anilines is 1. The Morgan fingerprint density at radius 3 is 2.45 bits per heavy atom. The van der Waals surface area contributed by atoms with Crippen molar-refractivity contribution in [2.24, 2.45) is 0 Å². The number of hydrogen-bond donors (Lipinski definition) is 2. The van der Waals surface area contributed by atoms with Gasteiger partial charge in [-0.1, -0.05) is 6.07 Å². The van der Waals surface area contributed by atoms with Crippen LogP contribution in [0.1, 0.15) is 40.7 Å². The van der Waals surface area contributed by atoms with Crippen molar-refractivity contribution in [3.05, 3.63) is 28.8 Å². The SMILES string of the molecule is COC1(CS(=O)(=O)Nc2c(C)cc(C)cc2C(=O)O)CCC1. The van der Waals surface area contributed by atoms with Crippen molar-refractivity contribution in [1.29, 1.82) is 0 Å². The van der Waals surface area contributed by atoms with Crippen LogP contribution in [0.3, 0.4) is 0 Å². The molecular formula is C15H21NO5S. The largest absolute Gasteiger partial charge is 0.478 e. The zero-order chi connectivity index (χ0) is 16.5. The number of aryl methyl sites for hydroxylation is 2. The van der Waals surface area contributed by atoms with Gasteiger partial charge in [0.2, 0.25) is 10.0 Å². The van der Waals surface area contributed by atoms with Crippen molar-refractivity contribution < 1.29 is 23.1 Å². The summed E-state index contributed by atoms with van der Waals surface area (Å²) in [6.45, 7) is 3.46. The second kappa shape index (κ2) is 5.89. The van der Waals surface area contributed by atoms with E-state index in [0.717, 1.165) is 12.0 Å². The summed E-state index contributed by atoms with van der Waals surface area (Å²) in [7, 11) is -2.19. The lowest BCUT2D eigenvalue weighted by molar-refractivity contribution is -0.0524. The predicted octanol–water partition coefficient (Wildman–Crippen LogP) is 2.31. The maximum atomic E-state index is 12.4. The van der Waals surface area contributed by atoms with Gasteiger partial charge in [0.25, 0.3) is 0 Å². The van der Waals surface area contributed by atoms with Crippen LogP contribution in [-0.4, -0.2) is 38.0 Å². The number of aromatic carboxylic acids is 1. The van der Waals surface area contributed by atoms with Crippen LogP contribution in [0.2, 0.25) is 0 Å². The first-order chi connectivity index (χ1) is 10.2. The lowest BCUT2D eigenvalue weighted by Crippen LogP contribution is -2.46. The highest BCUT2D eigenvalue weighted by atomic mass is 32.2. The summed E-state index contributed by atoms with van der Waals surface area (Å²) in [4.78, 5) is 11.4. The van der Waals surface area contributed by atoms with Gasteiger partial charge in [0, 0.05) is 7.11 Å². The number of hydrogen-bond acceptors (Lipinski definition) is 4. The molecule has 0 heterocycles. The third kappa shape index (κ3) is 3.41. The summed E-state index contributed by atoms with van der Waals surface area (Å²) in [5, 5.41) is 9.29. The quantitative estimate of drug-likeness (QED) is 0.836. The monoisotopic (exact) mass is 327 g/mol. The second-order valence-corrected chi connectivity index (χ2v) is 7.63. The van der Waals surface area contributed by atoms with Crippen LogP contribution < -0.4 is 4.72 Å². The van der Waals surface area contributed by atoms with Crippen molar-refractivity contribution >= 4 is 21.7 Å². The minimum absolute atomic E-state index is 0.0406. The predicted molar refractivity (Wildman–Crippen MR) is 83.9 cm³/mol. The molecule has 0 amide bonds. The fraction of sp³-hybridized carbons (Fsp3) is 0.533. The highest BCUT2D eigenvalue weighted by Crippen LogP contribution is 2.36. The molecule has 1 saturated carbocycles. The van der Waals surface area contributed by atoms with Gasteiger partial charge in [0.05, 0.1) is 22.6 Å². The first kappa shape index (κ1) is 16.8. The van der Waals surface area contributed by atoms with E-state index < -0.39 is 21.6 Å². The van der Waals surface area contributed by atoms with Gasteiger partial charge in [-0.3, -0.25) is 4.72 Å². The number of carbonyl (C=O) groups is 1. The highest BCUT2D eigenvalue weighted by Gasteiger charge is 2.41. The molecular weight excluding hydrogens is 306 g/mol. The molecule has 1 aliphatic carbocycles. The van der Waals surface area contributed by atoms with E-state index in [-0.39, 0.29) is 17.0 Å². The molecule has 7 heteroatoms. The minimum Gasteiger partial charge on any atom is -0.478 e. The normalized spacial score (nSPS) is 16.9. The molecule has 0 aliphatic heterocycles. The smallest absolute Gasteiger partial charge is 0.337 e. The van der Waals surface area contributed by atoms with Crippen LogP contribution in [0.25, 0.3) is 0 Å². The van der Waals surface area contributed by atoms with E-state index in [1.165, 1.54) is 13.2 Å². The molecule has 0 unspecified atom stereocenters. The Hall–Kier alpha value is -1.60. The molecule has 0 saturated heterocycles. The third-order valence-corrected chi connectivity index (χ3v) is 5.54. The van der Waals surface area contributed by atoms with Gasteiger partial charge in [0.1, 0.15) is 0 Å². The summed E-state index contributed by atoms with van der Waals surface area (Å²) in [6, 6.07) is 3.21. The number of methoxy groups -OCH3 is 1. The number of benzene rings is 1. The van der Waals surface area contributed by atoms with Gasteiger partial charge in [0.15, 0.2) is 0 Å². The van der Waals surface area contributed by atoms with Crippen molar-refractivity contribution in [2.75, 3.05) is 17.6 Å². The molecule has 0 radical (unpaired) electrons. The zero-order valence-corrected chi connectivity index (χ0v) is 13.8. The van der Waals surface area contributed by atoms with E-state index in [1.807, 2.05) is 0 Å². The average Bonchev–Trinajstić information content (AvgIpc) is 2.36. The van der Waals surface area contributed by atoms with Crippen molar-refractivity contribution in [3.8, 4) is 0 Å². The molecule has 1 aromatic carbocycles. The molecule has 0 atom stereocenters. The summed E-state index contributed by atoms with van der Waals surface area (Å²) in [5.41, 5.74) is 0.796. The molecule has 0 spiro atoms. The Kier molecular flexibility index (Phi) is 4.49. The molecule has 1 fully saturated rings. The Balaban J connectivity index is 2.31. The molecule has 122 valence electrons. The molecule has 6 nitrogen and oxygen atoms in total. The van der Waals surface area contributed by atoms with E-state index in [9.17, 15) is 18.3 Å². The molecule has 1 aromatic rings. The van der Waals surface area contributed by atoms with E-state index in [4.69, 9.17) is 4.74 Å². The Labute approximate surface area is 130 Å². The van der Waals surface area contributed by atoms with E-state index >= 15 is 0 Å². The minimum atomic E-state index is -3.69. The Bertz CT molecular complexity index is 687. The van der Waals surface area contributed by atoms with E-state index in [2.05, 4.69) is 4.72 Å². The Morgan fingerprint density at radius 1 is 1.36 bits per heavy atom. The second-order valence-electron chi connectivity index (χ2n) is 5.91. The van der Waals surface area contributed by atoms with Crippen LogP contribution in [0.15, 0.2) is 12.1 Å². The van der Waals surface area contributed by atoms with E-state index in [1.54, 1.807) is 19.9 Å².